The van der Waals surface area contributed by atoms with Crippen molar-refractivity contribution in [3.8, 4) is 5.75 Å². The zero-order valence-electron chi connectivity index (χ0n) is 10.8. The topological polar surface area (TPSA) is 77.8 Å². The number of phenolic OH excluding ortho intramolecular Hbond substituents is 1. The molecule has 1 aromatic carbocycles. The van der Waals surface area contributed by atoms with Crippen LogP contribution in [0.15, 0.2) is 18.2 Å². The summed E-state index contributed by atoms with van der Waals surface area (Å²) in [6.45, 7) is 2.39. The van der Waals surface area contributed by atoms with Crippen molar-refractivity contribution in [3.05, 3.63) is 29.3 Å². The second kappa shape index (κ2) is 5.30. The van der Waals surface area contributed by atoms with Gasteiger partial charge in [-0.2, -0.15) is 0 Å². The number of hydrogen-bond donors (Lipinski definition) is 2. The van der Waals surface area contributed by atoms with Gasteiger partial charge in [0.05, 0.1) is 12.0 Å². The second-order valence-electron chi connectivity index (χ2n) is 4.91. The number of aliphatic carboxylic acids is 1. The van der Waals surface area contributed by atoms with Crippen molar-refractivity contribution in [3.63, 3.8) is 0 Å². The molecule has 5 heteroatoms. The van der Waals surface area contributed by atoms with E-state index in [0.29, 0.717) is 13.0 Å². The summed E-state index contributed by atoms with van der Waals surface area (Å²) in [5.74, 6) is -1.25. The summed E-state index contributed by atoms with van der Waals surface area (Å²) >= 11 is 0. The fraction of sp³-hybridized carbons (Fsp3) is 0.429. The Hall–Kier alpha value is -2.04. The zero-order chi connectivity index (χ0) is 14.0. The van der Waals surface area contributed by atoms with E-state index in [0.717, 1.165) is 12.0 Å². The normalized spacial score (nSPS) is 18.6. The lowest BCUT2D eigenvalue weighted by Crippen LogP contribution is -2.36. The van der Waals surface area contributed by atoms with Crippen LogP contribution in [0.5, 0.6) is 5.75 Å². The van der Waals surface area contributed by atoms with Crippen molar-refractivity contribution < 1.29 is 19.8 Å². The Morgan fingerprint density at radius 3 is 2.84 bits per heavy atom. The molecule has 2 rings (SSSR count). The van der Waals surface area contributed by atoms with Crippen LogP contribution in [0.4, 0.5) is 0 Å². The van der Waals surface area contributed by atoms with E-state index in [9.17, 15) is 14.7 Å². The Bertz CT molecular complexity index is 512. The number of carbonyl (C=O) groups is 2. The molecule has 0 spiro atoms. The van der Waals surface area contributed by atoms with E-state index in [4.69, 9.17) is 5.11 Å². The van der Waals surface area contributed by atoms with Gasteiger partial charge in [0.15, 0.2) is 0 Å². The van der Waals surface area contributed by atoms with E-state index < -0.39 is 5.97 Å². The van der Waals surface area contributed by atoms with Gasteiger partial charge in [-0.3, -0.25) is 9.59 Å². The molecule has 1 amide bonds. The van der Waals surface area contributed by atoms with Gasteiger partial charge in [-0.05, 0) is 31.9 Å². The van der Waals surface area contributed by atoms with Crippen LogP contribution in [-0.2, 0) is 4.79 Å². The summed E-state index contributed by atoms with van der Waals surface area (Å²) in [6.07, 6.45) is 1.46. The number of carboxylic acid groups (broad SMARTS) is 1. The van der Waals surface area contributed by atoms with Crippen LogP contribution >= 0.6 is 0 Å². The number of phenols is 1. The molecule has 0 aromatic heterocycles. The van der Waals surface area contributed by atoms with E-state index in [1.54, 1.807) is 17.0 Å². The van der Waals surface area contributed by atoms with Gasteiger partial charge in [-0.25, -0.2) is 0 Å². The molecule has 0 saturated carbocycles. The largest absolute Gasteiger partial charge is 0.507 e. The predicted molar refractivity (Wildman–Crippen MR) is 69.2 cm³/mol. The molecule has 1 aliphatic rings. The molecule has 1 aromatic rings. The molecule has 1 atom stereocenters. The number of rotatable bonds is 3. The van der Waals surface area contributed by atoms with Crippen molar-refractivity contribution in [2.24, 2.45) is 0 Å². The van der Waals surface area contributed by atoms with E-state index in [1.807, 2.05) is 6.92 Å². The minimum atomic E-state index is -0.904. The fourth-order valence-corrected chi connectivity index (χ4v) is 2.49. The lowest BCUT2D eigenvalue weighted by Gasteiger charge is -2.24. The number of likely N-dealkylation sites (tertiary alicyclic amines) is 1. The molecule has 2 N–H and O–H groups in total. The Kier molecular flexibility index (Phi) is 3.74. The monoisotopic (exact) mass is 263 g/mol. The van der Waals surface area contributed by atoms with Crippen molar-refractivity contribution >= 4 is 11.9 Å². The average molecular weight is 263 g/mol. The van der Waals surface area contributed by atoms with E-state index in [1.165, 1.54) is 6.07 Å². The molecule has 5 nitrogen and oxygen atoms in total. The van der Waals surface area contributed by atoms with Gasteiger partial charge in [0, 0.05) is 12.6 Å². The van der Waals surface area contributed by atoms with Gasteiger partial charge < -0.3 is 15.1 Å². The summed E-state index contributed by atoms with van der Waals surface area (Å²) in [5, 5.41) is 18.6. The first kappa shape index (κ1) is 13.4. The van der Waals surface area contributed by atoms with Crippen LogP contribution in [0.25, 0.3) is 0 Å². The number of amides is 1. The Morgan fingerprint density at radius 2 is 2.16 bits per heavy atom. The van der Waals surface area contributed by atoms with Crippen LogP contribution in [0.2, 0.25) is 0 Å². The van der Waals surface area contributed by atoms with E-state index >= 15 is 0 Å². The van der Waals surface area contributed by atoms with Crippen LogP contribution in [0, 0.1) is 6.92 Å². The second-order valence-corrected chi connectivity index (χ2v) is 4.91. The first-order valence-electron chi connectivity index (χ1n) is 6.31. The number of benzene rings is 1. The van der Waals surface area contributed by atoms with E-state index in [2.05, 4.69) is 0 Å². The van der Waals surface area contributed by atoms with Crippen molar-refractivity contribution in [1.29, 1.82) is 0 Å². The Labute approximate surface area is 111 Å². The van der Waals surface area contributed by atoms with Gasteiger partial charge in [-0.15, -0.1) is 0 Å². The maximum absolute atomic E-state index is 12.4. The van der Waals surface area contributed by atoms with Crippen LogP contribution in [-0.4, -0.2) is 39.6 Å². The standard InChI is InChI=1S/C14H17NO4/c1-9-4-5-12(16)11(7-9)14(19)15-6-2-3-10(15)8-13(17)18/h4-5,7,10,16H,2-3,6,8H2,1H3,(H,17,18). The predicted octanol–water partition coefficient (Wildman–Crippen LogP) is 1.78. The smallest absolute Gasteiger partial charge is 0.305 e. The molecular formula is C14H17NO4. The highest BCUT2D eigenvalue weighted by Crippen LogP contribution is 2.26. The lowest BCUT2D eigenvalue weighted by atomic mass is 10.1. The Balaban J connectivity index is 2.23. The van der Waals surface area contributed by atoms with Crippen LogP contribution < -0.4 is 0 Å². The molecule has 0 radical (unpaired) electrons. The number of carboxylic acids is 1. The summed E-state index contributed by atoms with van der Waals surface area (Å²) in [4.78, 5) is 24.7. The minimum absolute atomic E-state index is 0.0433. The van der Waals surface area contributed by atoms with Crippen LogP contribution in [0.3, 0.4) is 0 Å². The maximum Gasteiger partial charge on any atom is 0.305 e. The number of aryl methyl sites for hydroxylation is 1. The highest BCUT2D eigenvalue weighted by Gasteiger charge is 2.31. The summed E-state index contributed by atoms with van der Waals surface area (Å²) in [5.41, 5.74) is 1.13. The molecule has 19 heavy (non-hydrogen) atoms. The number of hydrogen-bond acceptors (Lipinski definition) is 3. The van der Waals surface area contributed by atoms with Gasteiger partial charge in [0.1, 0.15) is 5.75 Å². The zero-order valence-corrected chi connectivity index (χ0v) is 10.8. The third-order valence-corrected chi connectivity index (χ3v) is 3.43. The van der Waals surface area contributed by atoms with Gasteiger partial charge >= 0.3 is 5.97 Å². The van der Waals surface area contributed by atoms with Crippen LogP contribution in [0.1, 0.15) is 35.2 Å². The lowest BCUT2D eigenvalue weighted by molar-refractivity contribution is -0.137. The quantitative estimate of drug-likeness (QED) is 0.871. The molecule has 1 fully saturated rings. The van der Waals surface area contributed by atoms with E-state index in [-0.39, 0.29) is 29.7 Å². The average Bonchev–Trinajstić information content (AvgIpc) is 2.78. The van der Waals surface area contributed by atoms with Crippen molar-refractivity contribution in [1.82, 2.24) is 4.90 Å². The van der Waals surface area contributed by atoms with Gasteiger partial charge in [0.25, 0.3) is 5.91 Å². The van der Waals surface area contributed by atoms with Gasteiger partial charge in [-0.1, -0.05) is 11.6 Å². The van der Waals surface area contributed by atoms with Crippen molar-refractivity contribution in [2.45, 2.75) is 32.2 Å². The highest BCUT2D eigenvalue weighted by atomic mass is 16.4. The number of aromatic hydroxyl groups is 1. The van der Waals surface area contributed by atoms with Gasteiger partial charge in [0.2, 0.25) is 0 Å². The highest BCUT2D eigenvalue weighted by molar-refractivity contribution is 5.97. The molecule has 1 saturated heterocycles. The molecule has 1 heterocycles. The molecule has 1 unspecified atom stereocenters. The molecule has 0 bridgehead atoms. The van der Waals surface area contributed by atoms with Crippen molar-refractivity contribution in [2.75, 3.05) is 6.54 Å². The first-order valence-corrected chi connectivity index (χ1v) is 6.31. The first-order chi connectivity index (χ1) is 8.99. The third kappa shape index (κ3) is 2.86. The fourth-order valence-electron chi connectivity index (χ4n) is 2.49. The SMILES string of the molecule is Cc1ccc(O)c(C(=O)N2CCCC2CC(=O)O)c1. The summed E-state index contributed by atoms with van der Waals surface area (Å²) < 4.78 is 0. The summed E-state index contributed by atoms with van der Waals surface area (Å²) in [7, 11) is 0. The minimum Gasteiger partial charge on any atom is -0.507 e. The molecule has 1 aliphatic heterocycles. The molecular weight excluding hydrogens is 246 g/mol. The number of nitrogens with zero attached hydrogens (tertiary/aromatic N) is 1. The molecule has 102 valence electrons. The number of carbonyl (C=O) groups excluding carboxylic acids is 1. The third-order valence-electron chi connectivity index (χ3n) is 3.43. The summed E-state index contributed by atoms with van der Waals surface area (Å²) in [6, 6.07) is 4.58. The molecule has 0 aliphatic carbocycles. The Morgan fingerprint density at radius 1 is 1.42 bits per heavy atom. The maximum atomic E-state index is 12.4.